The van der Waals surface area contributed by atoms with Crippen molar-refractivity contribution in [1.82, 2.24) is 4.57 Å². The number of halogens is 2. The maximum atomic E-state index is 14.0. The lowest BCUT2D eigenvalue weighted by Crippen LogP contribution is -2.39. The first-order valence-corrected chi connectivity index (χ1v) is 15.8. The number of ether oxygens (including phenoxy) is 3. The summed E-state index contributed by atoms with van der Waals surface area (Å²) in [6, 6.07) is 18.3. The second-order valence-electron chi connectivity index (χ2n) is 9.89. The van der Waals surface area contributed by atoms with Crippen LogP contribution in [0.15, 0.2) is 86.2 Å². The number of allylic oxidation sites excluding steroid dienone is 1. The zero-order valence-corrected chi connectivity index (χ0v) is 27.3. The molecular weight excluding hydrogens is 652 g/mol. The summed E-state index contributed by atoms with van der Waals surface area (Å²) in [7, 11) is 0. The van der Waals surface area contributed by atoms with E-state index in [0.717, 1.165) is 22.3 Å². The smallest absolute Gasteiger partial charge is 0.338 e. The number of aromatic nitrogens is 1. The minimum Gasteiger partial charge on any atom is -0.490 e. The Labute approximate surface area is 266 Å². The van der Waals surface area contributed by atoms with Gasteiger partial charge in [-0.05, 0) is 90.7 Å². The van der Waals surface area contributed by atoms with Crippen molar-refractivity contribution in [2.24, 2.45) is 4.99 Å². The molecule has 5 rings (SSSR count). The van der Waals surface area contributed by atoms with Gasteiger partial charge in [-0.1, -0.05) is 64.9 Å². The number of carbonyl (C=O) groups excluding carboxylic acids is 1. The summed E-state index contributed by atoms with van der Waals surface area (Å²) in [5.74, 6) is 0.621. The van der Waals surface area contributed by atoms with Gasteiger partial charge in [0.05, 0.1) is 39.5 Å². The van der Waals surface area contributed by atoms with E-state index < -0.39 is 12.0 Å². The van der Waals surface area contributed by atoms with Gasteiger partial charge in [-0.15, -0.1) is 0 Å². The zero-order valence-electron chi connectivity index (χ0n) is 24.1. The quantitative estimate of drug-likeness (QED) is 0.189. The molecule has 4 aromatic rings. The third kappa shape index (κ3) is 6.64. The number of nitrogens with zero attached hydrogens (tertiary/aromatic N) is 2. The number of hydrogen-bond donors (Lipinski definition) is 0. The Morgan fingerprint density at radius 3 is 2.44 bits per heavy atom. The van der Waals surface area contributed by atoms with Gasteiger partial charge in [0.2, 0.25) is 0 Å². The maximum absolute atomic E-state index is 14.0. The first kappa shape index (κ1) is 30.8. The first-order valence-electron chi connectivity index (χ1n) is 13.8. The van der Waals surface area contributed by atoms with Gasteiger partial charge in [-0.2, -0.15) is 0 Å². The molecule has 0 spiro atoms. The van der Waals surface area contributed by atoms with E-state index >= 15 is 0 Å². The topological polar surface area (TPSA) is 79.1 Å². The van der Waals surface area contributed by atoms with Crippen molar-refractivity contribution in [3.05, 3.63) is 123 Å². The minimum atomic E-state index is -0.660. The second kappa shape index (κ2) is 13.3. The van der Waals surface area contributed by atoms with Crippen molar-refractivity contribution < 1.29 is 19.0 Å². The fraction of sp³-hybridized carbons (Fsp3) is 0.242. The van der Waals surface area contributed by atoms with Gasteiger partial charge in [0.25, 0.3) is 5.56 Å². The van der Waals surface area contributed by atoms with Crippen molar-refractivity contribution in [1.29, 1.82) is 0 Å². The van der Waals surface area contributed by atoms with Crippen molar-refractivity contribution in [3.8, 4) is 11.5 Å². The molecule has 0 saturated carbocycles. The van der Waals surface area contributed by atoms with E-state index in [1.807, 2.05) is 74.5 Å². The molecule has 10 heteroatoms. The van der Waals surface area contributed by atoms with E-state index in [1.54, 1.807) is 24.5 Å². The Bertz CT molecular complexity index is 1880. The fourth-order valence-electron chi connectivity index (χ4n) is 4.82. The van der Waals surface area contributed by atoms with Crippen LogP contribution in [0.5, 0.6) is 11.5 Å². The van der Waals surface area contributed by atoms with Crippen LogP contribution in [0.1, 0.15) is 49.1 Å². The molecule has 7 nitrogen and oxygen atoms in total. The predicted octanol–water partition coefficient (Wildman–Crippen LogP) is 6.50. The summed E-state index contributed by atoms with van der Waals surface area (Å²) in [6.45, 7) is 8.40. The standard InChI is InChI=1S/C33H30BrClN2O5S/c1-5-40-26-16-22(15-25(34)30(26)42-18-21-9-13-24(35)14-10-21)17-27-31(38)37-29(23-11-7-19(3)8-12-23)28(32(39)41-6-2)20(4)36-33(37)43-27/h7-17,29H,5-6,18H2,1-4H3/b27-17-/t29-/m0/s1. The van der Waals surface area contributed by atoms with E-state index in [4.69, 9.17) is 25.8 Å². The Hall–Kier alpha value is -3.66. The second-order valence-corrected chi connectivity index (χ2v) is 12.2. The third-order valence-electron chi connectivity index (χ3n) is 6.84. The molecule has 1 aliphatic rings. The van der Waals surface area contributed by atoms with Crippen molar-refractivity contribution >= 4 is 50.9 Å². The largest absolute Gasteiger partial charge is 0.490 e. The molecule has 0 aliphatic carbocycles. The molecular formula is C33H30BrClN2O5S. The number of esters is 1. The van der Waals surface area contributed by atoms with E-state index in [9.17, 15) is 9.59 Å². The molecule has 0 radical (unpaired) electrons. The van der Waals surface area contributed by atoms with Crippen LogP contribution in [0, 0.1) is 6.92 Å². The number of hydrogen-bond acceptors (Lipinski definition) is 7. The van der Waals surface area contributed by atoms with Gasteiger partial charge in [0.1, 0.15) is 6.61 Å². The number of benzene rings is 3. The number of aryl methyl sites for hydroxylation is 1. The zero-order chi connectivity index (χ0) is 30.7. The van der Waals surface area contributed by atoms with E-state index in [1.165, 1.54) is 11.3 Å². The first-order chi connectivity index (χ1) is 20.7. The van der Waals surface area contributed by atoms with Gasteiger partial charge in [0.15, 0.2) is 16.3 Å². The fourth-order valence-corrected chi connectivity index (χ4v) is 6.56. The Kier molecular flexibility index (Phi) is 9.54. The van der Waals surface area contributed by atoms with E-state index in [2.05, 4.69) is 20.9 Å². The minimum absolute atomic E-state index is 0.219. The summed E-state index contributed by atoms with van der Waals surface area (Å²) in [4.78, 5) is 32.3. The highest BCUT2D eigenvalue weighted by Gasteiger charge is 2.33. The van der Waals surface area contributed by atoms with Crippen LogP contribution in [-0.4, -0.2) is 23.8 Å². The molecule has 1 aromatic heterocycles. The normalized spacial score (nSPS) is 14.7. The lowest BCUT2D eigenvalue weighted by molar-refractivity contribution is -0.139. The highest BCUT2D eigenvalue weighted by molar-refractivity contribution is 9.10. The monoisotopic (exact) mass is 680 g/mol. The predicted molar refractivity (Wildman–Crippen MR) is 173 cm³/mol. The van der Waals surface area contributed by atoms with Crippen LogP contribution in [0.25, 0.3) is 6.08 Å². The lowest BCUT2D eigenvalue weighted by atomic mass is 9.95. The van der Waals surface area contributed by atoms with Crippen molar-refractivity contribution in [2.75, 3.05) is 13.2 Å². The average Bonchev–Trinajstić information content (AvgIpc) is 3.27. The molecule has 43 heavy (non-hydrogen) atoms. The summed E-state index contributed by atoms with van der Waals surface area (Å²) in [5.41, 5.74) is 4.22. The molecule has 0 amide bonds. The molecule has 1 atom stereocenters. The van der Waals surface area contributed by atoms with Crippen molar-refractivity contribution in [2.45, 2.75) is 40.3 Å². The van der Waals surface area contributed by atoms with Crippen LogP contribution in [0.4, 0.5) is 0 Å². The van der Waals surface area contributed by atoms with E-state index in [0.29, 0.717) is 54.8 Å². The van der Waals surface area contributed by atoms with Gasteiger partial charge in [-0.25, -0.2) is 9.79 Å². The summed E-state index contributed by atoms with van der Waals surface area (Å²) < 4.78 is 20.2. The van der Waals surface area contributed by atoms with Crippen LogP contribution in [-0.2, 0) is 16.1 Å². The highest BCUT2D eigenvalue weighted by atomic mass is 79.9. The molecule has 0 fully saturated rings. The summed E-state index contributed by atoms with van der Waals surface area (Å²) >= 11 is 10.9. The number of carbonyl (C=O) groups is 1. The van der Waals surface area contributed by atoms with E-state index in [-0.39, 0.29) is 12.2 Å². The van der Waals surface area contributed by atoms with Gasteiger partial charge < -0.3 is 14.2 Å². The molecule has 0 bridgehead atoms. The summed E-state index contributed by atoms with van der Waals surface area (Å²) in [5, 5.41) is 0.659. The molecule has 0 N–H and O–H groups in total. The van der Waals surface area contributed by atoms with Gasteiger partial charge in [0, 0.05) is 5.02 Å². The molecule has 2 heterocycles. The number of rotatable bonds is 9. The molecule has 1 aliphatic heterocycles. The average molecular weight is 682 g/mol. The molecule has 3 aromatic carbocycles. The lowest BCUT2D eigenvalue weighted by Gasteiger charge is -2.24. The van der Waals surface area contributed by atoms with Gasteiger partial charge >= 0.3 is 5.97 Å². The highest BCUT2D eigenvalue weighted by Crippen LogP contribution is 2.38. The molecule has 222 valence electrons. The van der Waals surface area contributed by atoms with Crippen LogP contribution in [0.2, 0.25) is 5.02 Å². The third-order valence-corrected chi connectivity index (χ3v) is 8.66. The van der Waals surface area contributed by atoms with Gasteiger partial charge in [-0.3, -0.25) is 9.36 Å². The molecule has 0 saturated heterocycles. The van der Waals surface area contributed by atoms with Crippen LogP contribution in [0.3, 0.4) is 0 Å². The number of fused-ring (bicyclic) bond motifs is 1. The summed E-state index contributed by atoms with van der Waals surface area (Å²) in [6.07, 6.45) is 1.80. The maximum Gasteiger partial charge on any atom is 0.338 e. The van der Waals surface area contributed by atoms with Crippen LogP contribution >= 0.6 is 38.9 Å². The van der Waals surface area contributed by atoms with Crippen LogP contribution < -0.4 is 24.4 Å². The Morgan fingerprint density at radius 2 is 1.77 bits per heavy atom. The Balaban J connectivity index is 1.58. The van der Waals surface area contributed by atoms with Crippen molar-refractivity contribution in [3.63, 3.8) is 0 Å². The Morgan fingerprint density at radius 1 is 1.05 bits per heavy atom. The molecule has 0 unspecified atom stereocenters. The SMILES string of the molecule is CCOC(=O)C1=C(C)N=c2s/c(=C\c3cc(Br)c(OCc4ccc(Cl)cc4)c(OCC)c3)c(=O)n2[C@H]1c1ccc(C)cc1. The number of thiazole rings is 1.